The summed E-state index contributed by atoms with van der Waals surface area (Å²) in [5, 5.41) is 4.85. The maximum absolute atomic E-state index is 13.2. The van der Waals surface area contributed by atoms with Crippen LogP contribution in [0.5, 0.6) is 0 Å². The van der Waals surface area contributed by atoms with Crippen LogP contribution in [0.3, 0.4) is 0 Å². The molecule has 0 spiro atoms. The Morgan fingerprint density at radius 3 is 2.94 bits per heavy atom. The molecule has 3 rings (SSSR count). The molecule has 17 heavy (non-hydrogen) atoms. The highest BCUT2D eigenvalue weighted by atomic mass is 19.1. The normalized spacial score (nSPS) is 11.2. The minimum atomic E-state index is -0.230. The zero-order chi connectivity index (χ0) is 11.8. The van der Waals surface area contributed by atoms with E-state index in [1.165, 1.54) is 12.1 Å². The molecule has 0 atom stereocenters. The summed E-state index contributed by atoms with van der Waals surface area (Å²) in [4.78, 5) is 0. The highest BCUT2D eigenvalue weighted by Crippen LogP contribution is 2.18. The fourth-order valence-electron chi connectivity index (χ4n) is 1.95. The van der Waals surface area contributed by atoms with Crippen molar-refractivity contribution in [3.05, 3.63) is 53.8 Å². The van der Waals surface area contributed by atoms with Crippen LogP contribution in [0, 0.1) is 12.7 Å². The first kappa shape index (κ1) is 10.1. The molecule has 0 fully saturated rings. The molecule has 4 heteroatoms. The Kier molecular flexibility index (Phi) is 2.21. The Hall–Kier alpha value is -2.10. The molecule has 2 aromatic heterocycles. The van der Waals surface area contributed by atoms with Crippen LogP contribution in [0.15, 0.2) is 41.1 Å². The third-order valence-corrected chi connectivity index (χ3v) is 2.74. The summed E-state index contributed by atoms with van der Waals surface area (Å²) in [6.45, 7) is 2.44. The third-order valence-electron chi connectivity index (χ3n) is 2.74. The maximum Gasteiger partial charge on any atom is 0.156 e. The molecule has 0 unspecified atom stereocenters. The topological polar surface area (TPSA) is 31.0 Å². The van der Waals surface area contributed by atoms with Crippen molar-refractivity contribution in [2.45, 2.75) is 13.5 Å². The van der Waals surface area contributed by atoms with Crippen LogP contribution in [0.4, 0.5) is 4.39 Å². The van der Waals surface area contributed by atoms with Gasteiger partial charge >= 0.3 is 0 Å². The molecular weight excluding hydrogens is 219 g/mol. The highest BCUT2D eigenvalue weighted by Gasteiger charge is 2.06. The summed E-state index contributed by atoms with van der Waals surface area (Å²) < 4.78 is 20.3. The highest BCUT2D eigenvalue weighted by molar-refractivity contribution is 5.80. The van der Waals surface area contributed by atoms with E-state index in [9.17, 15) is 4.39 Å². The van der Waals surface area contributed by atoms with Gasteiger partial charge in [0.25, 0.3) is 0 Å². The lowest BCUT2D eigenvalue weighted by molar-refractivity contribution is 0.374. The first-order chi connectivity index (χ1) is 8.22. The number of benzene rings is 1. The van der Waals surface area contributed by atoms with Crippen molar-refractivity contribution in [2.75, 3.05) is 0 Å². The molecule has 86 valence electrons. The quantitative estimate of drug-likeness (QED) is 0.677. The van der Waals surface area contributed by atoms with E-state index in [2.05, 4.69) is 5.16 Å². The van der Waals surface area contributed by atoms with Crippen LogP contribution in [-0.2, 0) is 6.54 Å². The largest absolute Gasteiger partial charge is 0.359 e. The van der Waals surface area contributed by atoms with Crippen molar-refractivity contribution < 1.29 is 8.91 Å². The standard InChI is InChI=1S/C13H11FN2O/c1-9-6-12(17-15-9)8-16-5-4-10-2-3-11(14)7-13(10)16/h2-7H,8H2,1H3. The minimum absolute atomic E-state index is 0.230. The zero-order valence-electron chi connectivity index (χ0n) is 9.35. The Balaban J connectivity index is 2.03. The van der Waals surface area contributed by atoms with E-state index < -0.39 is 0 Å². The van der Waals surface area contributed by atoms with E-state index in [4.69, 9.17) is 4.52 Å². The van der Waals surface area contributed by atoms with Crippen molar-refractivity contribution >= 4 is 10.9 Å². The number of halogens is 1. The second kappa shape index (κ2) is 3.73. The van der Waals surface area contributed by atoms with E-state index in [1.54, 1.807) is 6.07 Å². The van der Waals surface area contributed by atoms with E-state index >= 15 is 0 Å². The number of nitrogens with zero attached hydrogens (tertiary/aromatic N) is 2. The SMILES string of the molecule is Cc1cc(Cn2ccc3ccc(F)cc32)on1. The zero-order valence-corrected chi connectivity index (χ0v) is 9.35. The lowest BCUT2D eigenvalue weighted by Crippen LogP contribution is -1.96. The van der Waals surface area contributed by atoms with Crippen molar-refractivity contribution in [1.29, 1.82) is 0 Å². The molecule has 0 saturated heterocycles. The van der Waals surface area contributed by atoms with E-state index in [1.807, 2.05) is 29.8 Å². The number of fused-ring (bicyclic) bond motifs is 1. The molecule has 3 nitrogen and oxygen atoms in total. The first-order valence-corrected chi connectivity index (χ1v) is 5.39. The number of aromatic nitrogens is 2. The lowest BCUT2D eigenvalue weighted by Gasteiger charge is -2.01. The fraction of sp³-hybridized carbons (Fsp3) is 0.154. The summed E-state index contributed by atoms with van der Waals surface area (Å²) in [5.74, 6) is 0.537. The molecule has 0 N–H and O–H groups in total. The second-order valence-corrected chi connectivity index (χ2v) is 4.08. The summed E-state index contributed by atoms with van der Waals surface area (Å²) in [6.07, 6.45) is 1.92. The smallest absolute Gasteiger partial charge is 0.156 e. The average molecular weight is 230 g/mol. The van der Waals surface area contributed by atoms with Crippen LogP contribution < -0.4 is 0 Å². The fourth-order valence-corrected chi connectivity index (χ4v) is 1.95. The van der Waals surface area contributed by atoms with Gasteiger partial charge in [0.05, 0.1) is 17.8 Å². The van der Waals surface area contributed by atoms with Crippen LogP contribution >= 0.6 is 0 Å². The van der Waals surface area contributed by atoms with Gasteiger partial charge in [-0.25, -0.2) is 4.39 Å². The van der Waals surface area contributed by atoms with Gasteiger partial charge < -0.3 is 9.09 Å². The van der Waals surface area contributed by atoms with Gasteiger partial charge in [0.2, 0.25) is 0 Å². The Morgan fingerprint density at radius 1 is 1.29 bits per heavy atom. The van der Waals surface area contributed by atoms with Gasteiger partial charge in [0, 0.05) is 12.3 Å². The van der Waals surface area contributed by atoms with Gasteiger partial charge in [-0.2, -0.15) is 0 Å². The first-order valence-electron chi connectivity index (χ1n) is 5.39. The van der Waals surface area contributed by atoms with Crippen molar-refractivity contribution in [3.63, 3.8) is 0 Å². The van der Waals surface area contributed by atoms with Crippen molar-refractivity contribution in [3.8, 4) is 0 Å². The van der Waals surface area contributed by atoms with Gasteiger partial charge in [-0.15, -0.1) is 0 Å². The summed E-state index contributed by atoms with van der Waals surface area (Å²) in [6, 6.07) is 8.60. The third kappa shape index (κ3) is 1.82. The van der Waals surface area contributed by atoms with Crippen LogP contribution in [-0.4, -0.2) is 9.72 Å². The van der Waals surface area contributed by atoms with Crippen LogP contribution in [0.2, 0.25) is 0 Å². The van der Waals surface area contributed by atoms with Gasteiger partial charge in [-0.05, 0) is 36.6 Å². The molecule has 0 aliphatic carbocycles. The number of hydrogen-bond donors (Lipinski definition) is 0. The van der Waals surface area contributed by atoms with Gasteiger partial charge in [0.1, 0.15) is 5.82 Å². The van der Waals surface area contributed by atoms with E-state index in [0.29, 0.717) is 6.54 Å². The maximum atomic E-state index is 13.2. The lowest BCUT2D eigenvalue weighted by atomic mass is 10.2. The van der Waals surface area contributed by atoms with Gasteiger partial charge in [-0.3, -0.25) is 0 Å². The second-order valence-electron chi connectivity index (χ2n) is 4.08. The average Bonchev–Trinajstić information content (AvgIpc) is 2.87. The Morgan fingerprint density at radius 2 is 2.18 bits per heavy atom. The van der Waals surface area contributed by atoms with Gasteiger partial charge in [0.15, 0.2) is 5.76 Å². The van der Waals surface area contributed by atoms with Crippen molar-refractivity contribution in [2.24, 2.45) is 0 Å². The van der Waals surface area contributed by atoms with E-state index in [0.717, 1.165) is 22.4 Å². The van der Waals surface area contributed by atoms with Gasteiger partial charge in [-0.1, -0.05) is 5.16 Å². The molecule has 0 amide bonds. The summed E-state index contributed by atoms with van der Waals surface area (Å²) >= 11 is 0. The predicted molar refractivity (Wildman–Crippen MR) is 62.2 cm³/mol. The molecule has 0 aliphatic heterocycles. The molecular formula is C13H11FN2O. The summed E-state index contributed by atoms with van der Waals surface area (Å²) in [5.41, 5.74) is 1.71. The monoisotopic (exact) mass is 230 g/mol. The van der Waals surface area contributed by atoms with Crippen LogP contribution in [0.1, 0.15) is 11.5 Å². The summed E-state index contributed by atoms with van der Waals surface area (Å²) in [7, 11) is 0. The number of aryl methyl sites for hydroxylation is 1. The van der Waals surface area contributed by atoms with Crippen molar-refractivity contribution in [1.82, 2.24) is 9.72 Å². The molecule has 0 aliphatic rings. The minimum Gasteiger partial charge on any atom is -0.359 e. The number of hydrogen-bond acceptors (Lipinski definition) is 2. The Bertz CT molecular complexity index is 669. The Labute approximate surface area is 97.5 Å². The molecule has 1 aromatic carbocycles. The molecule has 0 saturated carbocycles. The molecule has 2 heterocycles. The van der Waals surface area contributed by atoms with E-state index in [-0.39, 0.29) is 5.82 Å². The molecule has 0 radical (unpaired) electrons. The molecule has 3 aromatic rings. The number of rotatable bonds is 2. The van der Waals surface area contributed by atoms with Crippen LogP contribution in [0.25, 0.3) is 10.9 Å². The predicted octanol–water partition coefficient (Wildman–Crippen LogP) is 3.13. The molecule has 0 bridgehead atoms.